The van der Waals surface area contributed by atoms with Crippen molar-refractivity contribution in [2.75, 3.05) is 32.8 Å². The van der Waals surface area contributed by atoms with Crippen LogP contribution in [0.3, 0.4) is 0 Å². The van der Waals surface area contributed by atoms with Gasteiger partial charge in [0.2, 0.25) is 5.91 Å². The van der Waals surface area contributed by atoms with Crippen LogP contribution in [0.1, 0.15) is 43.2 Å². The summed E-state index contributed by atoms with van der Waals surface area (Å²) in [4.78, 5) is 28.2. The Balaban J connectivity index is 1.03. The molecule has 35 heavy (non-hydrogen) atoms. The molecule has 2 amide bonds. The lowest BCUT2D eigenvalue weighted by atomic mass is 9.74. The lowest BCUT2D eigenvalue weighted by Crippen LogP contribution is -2.47. The van der Waals surface area contributed by atoms with E-state index in [0.717, 1.165) is 56.6 Å². The van der Waals surface area contributed by atoms with Crippen LogP contribution in [0.5, 0.6) is 5.75 Å². The van der Waals surface area contributed by atoms with Gasteiger partial charge in [0, 0.05) is 50.6 Å². The van der Waals surface area contributed by atoms with Crippen molar-refractivity contribution in [2.45, 2.75) is 50.0 Å². The Kier molecular flexibility index (Phi) is 5.79. The first-order chi connectivity index (χ1) is 17.1. The highest BCUT2D eigenvalue weighted by atomic mass is 16.5. The lowest BCUT2D eigenvalue weighted by Gasteiger charge is -2.38. The van der Waals surface area contributed by atoms with Crippen LogP contribution >= 0.6 is 0 Å². The van der Waals surface area contributed by atoms with E-state index in [-0.39, 0.29) is 28.6 Å². The van der Waals surface area contributed by atoms with E-state index in [1.807, 2.05) is 35.2 Å². The molecule has 6 rings (SSSR count). The number of piperidine rings is 1. The molecule has 2 atom stereocenters. The Hall–Kier alpha value is -2.86. The van der Waals surface area contributed by atoms with Crippen LogP contribution in [0.2, 0.25) is 0 Å². The van der Waals surface area contributed by atoms with Gasteiger partial charge in [0.05, 0.1) is 0 Å². The maximum atomic E-state index is 13.2. The van der Waals surface area contributed by atoms with Gasteiger partial charge in [0.15, 0.2) is 6.10 Å². The first kappa shape index (κ1) is 22.6. The second-order valence-electron chi connectivity index (χ2n) is 10.8. The average Bonchev–Trinajstić information content (AvgIpc) is 3.43. The van der Waals surface area contributed by atoms with Crippen LogP contribution in [0, 0.1) is 11.3 Å². The number of fused-ring (bicyclic) bond motifs is 1. The average molecular weight is 475 g/mol. The van der Waals surface area contributed by atoms with Gasteiger partial charge in [0.25, 0.3) is 5.91 Å². The van der Waals surface area contributed by atoms with E-state index in [2.05, 4.69) is 29.6 Å². The molecule has 0 unspecified atom stereocenters. The van der Waals surface area contributed by atoms with Crippen LogP contribution in [0.4, 0.5) is 0 Å². The standard InChI is InChI=1S/C29H34N2O4/c32-26(30-20-29(12-16-34-17-13-29)22-7-2-1-3-8-22)23-19-28(23)10-14-31(15-11-28)27(33)25-18-21-6-4-5-9-24(21)35-25/h1-9,23,25H,10-20H2,(H,30,32)/t23-,25+/m1/s1. The molecule has 3 fully saturated rings. The minimum Gasteiger partial charge on any atom is -0.480 e. The van der Waals surface area contributed by atoms with Crippen molar-refractivity contribution in [1.29, 1.82) is 0 Å². The summed E-state index contributed by atoms with van der Waals surface area (Å²) in [5, 5.41) is 3.32. The number of carbonyl (C=O) groups is 2. The van der Waals surface area contributed by atoms with E-state index in [0.29, 0.717) is 26.1 Å². The molecule has 0 aromatic heterocycles. The first-order valence-corrected chi connectivity index (χ1v) is 13.0. The molecule has 2 aromatic rings. The first-order valence-electron chi connectivity index (χ1n) is 13.0. The molecular formula is C29H34N2O4. The summed E-state index contributed by atoms with van der Waals surface area (Å²) in [7, 11) is 0. The summed E-state index contributed by atoms with van der Waals surface area (Å²) in [5.41, 5.74) is 2.41. The summed E-state index contributed by atoms with van der Waals surface area (Å²) in [5.74, 6) is 1.17. The Labute approximate surface area is 207 Å². The van der Waals surface area contributed by atoms with Gasteiger partial charge >= 0.3 is 0 Å². The van der Waals surface area contributed by atoms with Crippen LogP contribution < -0.4 is 10.1 Å². The number of likely N-dealkylation sites (tertiary alicyclic amines) is 1. The number of benzene rings is 2. The maximum Gasteiger partial charge on any atom is 0.263 e. The summed E-state index contributed by atoms with van der Waals surface area (Å²) >= 11 is 0. The van der Waals surface area contributed by atoms with Gasteiger partial charge in [-0.1, -0.05) is 48.5 Å². The number of carbonyl (C=O) groups excluding carboxylic acids is 2. The number of hydrogen-bond acceptors (Lipinski definition) is 4. The van der Waals surface area contributed by atoms with Crippen molar-refractivity contribution < 1.29 is 19.1 Å². The number of nitrogens with zero attached hydrogens (tertiary/aromatic N) is 1. The van der Waals surface area contributed by atoms with Gasteiger partial charge in [0.1, 0.15) is 5.75 Å². The summed E-state index contributed by atoms with van der Waals surface area (Å²) in [6.45, 7) is 3.56. The second kappa shape index (κ2) is 8.98. The highest BCUT2D eigenvalue weighted by Gasteiger charge is 2.59. The smallest absolute Gasteiger partial charge is 0.263 e. The van der Waals surface area contributed by atoms with Gasteiger partial charge in [-0.3, -0.25) is 9.59 Å². The molecule has 184 valence electrons. The molecule has 3 heterocycles. The largest absolute Gasteiger partial charge is 0.480 e. The van der Waals surface area contributed by atoms with Crippen molar-refractivity contribution in [3.63, 3.8) is 0 Å². The maximum absolute atomic E-state index is 13.2. The van der Waals surface area contributed by atoms with E-state index >= 15 is 0 Å². The number of ether oxygens (including phenoxy) is 2. The fraction of sp³-hybridized carbons (Fsp3) is 0.517. The number of rotatable bonds is 5. The van der Waals surface area contributed by atoms with E-state index in [1.54, 1.807) is 0 Å². The van der Waals surface area contributed by atoms with Crippen LogP contribution in [-0.2, 0) is 26.2 Å². The van der Waals surface area contributed by atoms with Gasteiger partial charge in [-0.2, -0.15) is 0 Å². The fourth-order valence-corrected chi connectivity index (χ4v) is 6.47. The minimum atomic E-state index is -0.409. The van der Waals surface area contributed by atoms with Crippen molar-refractivity contribution in [3.05, 3.63) is 65.7 Å². The Morgan fingerprint density at radius 2 is 1.66 bits per heavy atom. The summed E-state index contributed by atoms with van der Waals surface area (Å²) in [6.07, 6.45) is 4.83. The Morgan fingerprint density at radius 3 is 2.40 bits per heavy atom. The van der Waals surface area contributed by atoms with E-state index < -0.39 is 6.10 Å². The molecule has 4 aliphatic rings. The van der Waals surface area contributed by atoms with Crippen LogP contribution in [0.15, 0.2) is 54.6 Å². The highest BCUT2D eigenvalue weighted by molar-refractivity contribution is 5.84. The predicted molar refractivity (Wildman–Crippen MR) is 132 cm³/mol. The monoisotopic (exact) mass is 474 g/mol. The SMILES string of the molecule is O=C(NCC1(c2ccccc2)CCOCC1)[C@H]1CC12CCN(C(=O)[C@@H]1Cc3ccccc3O1)CC2. The molecule has 0 radical (unpaired) electrons. The van der Waals surface area contributed by atoms with Crippen LogP contribution in [-0.4, -0.2) is 55.7 Å². The highest BCUT2D eigenvalue weighted by Crippen LogP contribution is 2.59. The summed E-state index contributed by atoms with van der Waals surface area (Å²) < 4.78 is 11.6. The quantitative estimate of drug-likeness (QED) is 0.721. The molecule has 1 saturated carbocycles. The molecule has 6 nitrogen and oxygen atoms in total. The molecule has 1 N–H and O–H groups in total. The number of nitrogens with one attached hydrogen (secondary N) is 1. The zero-order valence-corrected chi connectivity index (χ0v) is 20.2. The van der Waals surface area contributed by atoms with Gasteiger partial charge in [-0.05, 0) is 54.7 Å². The summed E-state index contributed by atoms with van der Waals surface area (Å²) in [6, 6.07) is 18.4. The third-order valence-corrected chi connectivity index (χ3v) is 8.94. The minimum absolute atomic E-state index is 0.0497. The number of hydrogen-bond donors (Lipinski definition) is 1. The van der Waals surface area contributed by atoms with Crippen LogP contribution in [0.25, 0.3) is 0 Å². The van der Waals surface area contributed by atoms with Gasteiger partial charge < -0.3 is 19.7 Å². The molecule has 2 aromatic carbocycles. The third-order valence-electron chi connectivity index (χ3n) is 8.94. The van der Waals surface area contributed by atoms with Crippen molar-refractivity contribution in [1.82, 2.24) is 10.2 Å². The second-order valence-corrected chi connectivity index (χ2v) is 10.8. The Morgan fingerprint density at radius 1 is 0.943 bits per heavy atom. The normalized spacial score (nSPS) is 26.0. The molecule has 6 heteroatoms. The molecular weight excluding hydrogens is 440 g/mol. The Bertz CT molecular complexity index is 1060. The third kappa shape index (κ3) is 4.22. The number of para-hydroxylation sites is 1. The topological polar surface area (TPSA) is 67.9 Å². The van der Waals surface area contributed by atoms with E-state index in [9.17, 15) is 9.59 Å². The molecule has 1 spiro atoms. The molecule has 0 bridgehead atoms. The lowest BCUT2D eigenvalue weighted by molar-refractivity contribution is -0.139. The van der Waals surface area contributed by atoms with Crippen molar-refractivity contribution >= 4 is 11.8 Å². The molecule has 3 aliphatic heterocycles. The van der Waals surface area contributed by atoms with Gasteiger partial charge in [-0.15, -0.1) is 0 Å². The zero-order valence-electron chi connectivity index (χ0n) is 20.2. The number of amides is 2. The predicted octanol–water partition coefficient (Wildman–Crippen LogP) is 3.48. The van der Waals surface area contributed by atoms with E-state index in [4.69, 9.17) is 9.47 Å². The van der Waals surface area contributed by atoms with Gasteiger partial charge in [-0.25, -0.2) is 0 Å². The molecule has 1 aliphatic carbocycles. The zero-order chi connectivity index (χ0) is 23.9. The fourth-order valence-electron chi connectivity index (χ4n) is 6.47. The van der Waals surface area contributed by atoms with Crippen molar-refractivity contribution in [2.24, 2.45) is 11.3 Å². The molecule has 2 saturated heterocycles. The van der Waals surface area contributed by atoms with E-state index in [1.165, 1.54) is 5.56 Å². The van der Waals surface area contributed by atoms with Crippen molar-refractivity contribution in [3.8, 4) is 5.75 Å².